The average Bonchev–Trinajstić information content (AvgIpc) is 3.34. The highest BCUT2D eigenvalue weighted by Gasteiger charge is 2.17. The van der Waals surface area contributed by atoms with E-state index in [4.69, 9.17) is 0 Å². The topological polar surface area (TPSA) is 74.3 Å². The molecule has 4 aromatic rings. The van der Waals surface area contributed by atoms with E-state index in [1.54, 1.807) is 12.4 Å². The number of benzene rings is 1. The van der Waals surface area contributed by atoms with Gasteiger partial charge in [-0.3, -0.25) is 9.55 Å². The highest BCUT2D eigenvalue weighted by molar-refractivity contribution is 7.98. The Hall–Kier alpha value is -3.14. The van der Waals surface area contributed by atoms with Crippen molar-refractivity contribution >= 4 is 11.8 Å². The van der Waals surface area contributed by atoms with Crippen LogP contribution >= 0.6 is 11.8 Å². The van der Waals surface area contributed by atoms with E-state index in [0.29, 0.717) is 29.1 Å². The molecule has 3 aromatic heterocycles. The number of hydrogen-bond acceptors (Lipinski definition) is 6. The molecule has 0 aliphatic heterocycles. The van der Waals surface area contributed by atoms with Crippen LogP contribution in [0, 0.1) is 0 Å². The predicted molar refractivity (Wildman–Crippen MR) is 104 cm³/mol. The molecule has 0 aliphatic carbocycles. The maximum absolute atomic E-state index is 12.7. The van der Waals surface area contributed by atoms with Crippen LogP contribution in [0.15, 0.2) is 66.3 Å². The maximum Gasteiger partial charge on any atom is 0.257 e. The minimum Gasteiger partial charge on any atom is -0.298 e. The van der Waals surface area contributed by atoms with Gasteiger partial charge >= 0.3 is 0 Å². The molecule has 3 heterocycles. The first-order chi connectivity index (χ1) is 14.2. The Bertz CT molecular complexity index is 1050. The maximum atomic E-state index is 12.7. The minimum atomic E-state index is -2.49. The van der Waals surface area contributed by atoms with Gasteiger partial charge in [0.25, 0.3) is 6.43 Å². The third-order valence-electron chi connectivity index (χ3n) is 4.18. The van der Waals surface area contributed by atoms with E-state index in [9.17, 15) is 8.78 Å². The molecule has 0 fully saturated rings. The zero-order valence-corrected chi connectivity index (χ0v) is 16.1. The number of pyridine rings is 1. The SMILES string of the molecule is FC(F)Cn1ncnc1CSc1nnc(-c2ccncc2)n1Cc1ccccc1. The lowest BCUT2D eigenvalue weighted by molar-refractivity contribution is 0.120. The monoisotopic (exact) mass is 413 g/mol. The molecule has 0 saturated carbocycles. The van der Waals surface area contributed by atoms with Crippen molar-refractivity contribution in [2.75, 3.05) is 0 Å². The molecule has 0 amide bonds. The van der Waals surface area contributed by atoms with Crippen molar-refractivity contribution in [3.05, 3.63) is 72.6 Å². The third kappa shape index (κ3) is 4.65. The van der Waals surface area contributed by atoms with E-state index in [1.807, 2.05) is 47.0 Å². The van der Waals surface area contributed by atoms with Crippen LogP contribution in [0.4, 0.5) is 8.78 Å². The summed E-state index contributed by atoms with van der Waals surface area (Å²) in [5.41, 5.74) is 2.00. The van der Waals surface area contributed by atoms with Crippen LogP contribution in [-0.2, 0) is 18.8 Å². The van der Waals surface area contributed by atoms with Crippen LogP contribution in [-0.4, -0.2) is 40.9 Å². The number of aromatic nitrogens is 7. The fourth-order valence-corrected chi connectivity index (χ4v) is 3.72. The molecule has 148 valence electrons. The average molecular weight is 413 g/mol. The van der Waals surface area contributed by atoms with E-state index in [2.05, 4.69) is 25.3 Å². The zero-order valence-electron chi connectivity index (χ0n) is 15.3. The molecule has 7 nitrogen and oxygen atoms in total. The van der Waals surface area contributed by atoms with Gasteiger partial charge in [0.15, 0.2) is 11.0 Å². The Balaban J connectivity index is 1.61. The summed E-state index contributed by atoms with van der Waals surface area (Å²) in [6.07, 6.45) is 2.21. The molecule has 0 unspecified atom stereocenters. The summed E-state index contributed by atoms with van der Waals surface area (Å²) >= 11 is 1.39. The van der Waals surface area contributed by atoms with Gasteiger partial charge in [-0.05, 0) is 17.7 Å². The van der Waals surface area contributed by atoms with Crippen LogP contribution in [0.1, 0.15) is 11.4 Å². The first-order valence-corrected chi connectivity index (χ1v) is 9.84. The highest BCUT2D eigenvalue weighted by atomic mass is 32.2. The number of rotatable bonds is 8. The van der Waals surface area contributed by atoms with Crippen molar-refractivity contribution in [2.24, 2.45) is 0 Å². The van der Waals surface area contributed by atoms with Crippen LogP contribution in [0.25, 0.3) is 11.4 Å². The largest absolute Gasteiger partial charge is 0.298 e. The van der Waals surface area contributed by atoms with E-state index in [1.165, 1.54) is 22.8 Å². The molecule has 0 spiro atoms. The lowest BCUT2D eigenvalue weighted by atomic mass is 10.2. The minimum absolute atomic E-state index is 0.357. The van der Waals surface area contributed by atoms with Gasteiger partial charge < -0.3 is 0 Å². The first-order valence-electron chi connectivity index (χ1n) is 8.86. The Kier molecular flexibility index (Phi) is 5.89. The van der Waals surface area contributed by atoms with Gasteiger partial charge in [0.05, 0.1) is 12.3 Å². The molecular formula is C19H17F2N7S. The second kappa shape index (κ2) is 8.91. The molecule has 29 heavy (non-hydrogen) atoms. The van der Waals surface area contributed by atoms with E-state index < -0.39 is 13.0 Å². The zero-order chi connectivity index (χ0) is 20.1. The summed E-state index contributed by atoms with van der Waals surface area (Å²) in [4.78, 5) is 8.15. The first kappa shape index (κ1) is 19.2. The van der Waals surface area contributed by atoms with Gasteiger partial charge in [-0.25, -0.2) is 18.4 Å². The number of alkyl halides is 2. The lowest BCUT2D eigenvalue weighted by Gasteiger charge is -2.10. The summed E-state index contributed by atoms with van der Waals surface area (Å²) in [6, 6.07) is 13.7. The van der Waals surface area contributed by atoms with E-state index in [-0.39, 0.29) is 0 Å². The van der Waals surface area contributed by atoms with Crippen molar-refractivity contribution in [2.45, 2.75) is 30.4 Å². The van der Waals surface area contributed by atoms with Gasteiger partial charge in [-0.15, -0.1) is 10.2 Å². The Labute approximate surface area is 169 Å². The molecule has 10 heteroatoms. The fraction of sp³-hybridized carbons (Fsp3) is 0.211. The summed E-state index contributed by atoms with van der Waals surface area (Å²) in [5, 5.41) is 13.2. The Morgan fingerprint density at radius 2 is 1.79 bits per heavy atom. The normalized spacial score (nSPS) is 11.3. The van der Waals surface area contributed by atoms with Crippen molar-refractivity contribution in [3.8, 4) is 11.4 Å². The van der Waals surface area contributed by atoms with Crippen molar-refractivity contribution < 1.29 is 8.78 Å². The van der Waals surface area contributed by atoms with Crippen LogP contribution < -0.4 is 0 Å². The number of hydrogen-bond donors (Lipinski definition) is 0. The second-order valence-corrected chi connectivity index (χ2v) is 7.09. The summed E-state index contributed by atoms with van der Waals surface area (Å²) in [7, 11) is 0. The van der Waals surface area contributed by atoms with Crippen molar-refractivity contribution in [3.63, 3.8) is 0 Å². The summed E-state index contributed by atoms with van der Waals surface area (Å²) < 4.78 is 28.6. The number of halogens is 2. The summed E-state index contributed by atoms with van der Waals surface area (Å²) in [5.74, 6) is 1.54. The molecule has 0 radical (unpaired) electrons. The van der Waals surface area contributed by atoms with Gasteiger partial charge in [-0.1, -0.05) is 42.1 Å². The van der Waals surface area contributed by atoms with E-state index >= 15 is 0 Å². The molecule has 0 saturated heterocycles. The third-order valence-corrected chi connectivity index (χ3v) is 5.14. The van der Waals surface area contributed by atoms with Crippen molar-refractivity contribution in [1.82, 2.24) is 34.5 Å². The van der Waals surface area contributed by atoms with Crippen LogP contribution in [0.2, 0.25) is 0 Å². The van der Waals surface area contributed by atoms with Gasteiger partial charge in [0.1, 0.15) is 18.7 Å². The molecule has 0 N–H and O–H groups in total. The molecule has 0 aliphatic rings. The quantitative estimate of drug-likeness (QED) is 0.412. The summed E-state index contributed by atoms with van der Waals surface area (Å²) in [6.45, 7) is 0.104. The van der Waals surface area contributed by atoms with Gasteiger partial charge in [-0.2, -0.15) is 5.10 Å². The highest BCUT2D eigenvalue weighted by Crippen LogP contribution is 2.26. The molecular weight excluding hydrogens is 396 g/mol. The smallest absolute Gasteiger partial charge is 0.257 e. The fourth-order valence-electron chi connectivity index (χ4n) is 2.83. The van der Waals surface area contributed by atoms with Crippen molar-refractivity contribution in [1.29, 1.82) is 0 Å². The predicted octanol–water partition coefficient (Wildman–Crippen LogP) is 3.54. The number of thioether (sulfide) groups is 1. The molecule has 0 bridgehead atoms. The van der Waals surface area contributed by atoms with Crippen LogP contribution in [0.3, 0.4) is 0 Å². The van der Waals surface area contributed by atoms with Gasteiger partial charge in [0.2, 0.25) is 0 Å². The Morgan fingerprint density at radius 3 is 2.55 bits per heavy atom. The van der Waals surface area contributed by atoms with Gasteiger partial charge in [0, 0.05) is 18.0 Å². The lowest BCUT2D eigenvalue weighted by Crippen LogP contribution is -2.11. The Morgan fingerprint density at radius 1 is 1.00 bits per heavy atom. The molecule has 4 rings (SSSR count). The molecule has 1 aromatic carbocycles. The second-order valence-electron chi connectivity index (χ2n) is 6.15. The molecule has 0 atom stereocenters. The van der Waals surface area contributed by atoms with E-state index in [0.717, 1.165) is 11.1 Å². The standard InChI is InChI=1S/C19H17F2N7S/c20-16(21)11-28-17(23-13-24-28)12-29-19-26-25-18(15-6-8-22-9-7-15)27(19)10-14-4-2-1-3-5-14/h1-9,13,16H,10-12H2. The number of nitrogens with zero attached hydrogens (tertiary/aromatic N) is 7. The van der Waals surface area contributed by atoms with Crippen LogP contribution in [0.5, 0.6) is 0 Å².